The summed E-state index contributed by atoms with van der Waals surface area (Å²) in [4.78, 5) is 18.4. The number of phenolic OH excluding ortho intramolecular Hbond substituents is 1. The van der Waals surface area contributed by atoms with Gasteiger partial charge in [-0.2, -0.15) is 0 Å². The molecule has 2 aromatic rings. The number of carbonyl (C=O) groups excluding carboxylic acids is 1. The van der Waals surface area contributed by atoms with Crippen molar-refractivity contribution >= 4 is 5.91 Å². The summed E-state index contributed by atoms with van der Waals surface area (Å²) in [6.45, 7) is 7.45. The van der Waals surface area contributed by atoms with Crippen molar-refractivity contribution in [1.82, 2.24) is 9.80 Å². The number of aromatic hydroxyl groups is 1. The molecule has 1 amide bonds. The van der Waals surface area contributed by atoms with E-state index in [2.05, 4.69) is 29.7 Å². The summed E-state index contributed by atoms with van der Waals surface area (Å²) in [5.74, 6) is 1.38. The molecule has 0 spiro atoms. The number of fused-ring (bicyclic) bond motifs is 1. The molecule has 2 aromatic carbocycles. The molecule has 5 nitrogen and oxygen atoms in total. The van der Waals surface area contributed by atoms with Gasteiger partial charge in [-0.15, -0.1) is 0 Å². The molecule has 7 rings (SSSR count). The van der Waals surface area contributed by atoms with Gasteiger partial charge in [0.25, 0.3) is 5.91 Å². The van der Waals surface area contributed by atoms with Gasteiger partial charge in [-0.25, -0.2) is 0 Å². The molecule has 6 atom stereocenters. The van der Waals surface area contributed by atoms with Gasteiger partial charge < -0.3 is 14.7 Å². The Labute approximate surface area is 201 Å². The summed E-state index contributed by atoms with van der Waals surface area (Å²) in [6, 6.07) is 16.3. The van der Waals surface area contributed by atoms with Crippen LogP contribution in [-0.2, 0) is 16.6 Å². The fourth-order valence-electron chi connectivity index (χ4n) is 8.84. The highest BCUT2D eigenvalue weighted by molar-refractivity contribution is 5.94. The lowest BCUT2D eigenvalue weighted by molar-refractivity contribution is -0.171. The zero-order valence-corrected chi connectivity index (χ0v) is 20.1. The Hall–Kier alpha value is -2.37. The Kier molecular flexibility index (Phi) is 4.36. The van der Waals surface area contributed by atoms with E-state index >= 15 is 0 Å². The molecule has 0 radical (unpaired) electrons. The lowest BCUT2D eigenvalue weighted by Gasteiger charge is -2.65. The number of ether oxygens (including phenoxy) is 1. The van der Waals surface area contributed by atoms with Crippen LogP contribution in [0.25, 0.3) is 0 Å². The van der Waals surface area contributed by atoms with Crippen LogP contribution in [0.1, 0.15) is 54.6 Å². The first-order valence-corrected chi connectivity index (χ1v) is 13.0. The van der Waals surface area contributed by atoms with Crippen LogP contribution < -0.4 is 0 Å². The Morgan fingerprint density at radius 3 is 2.79 bits per heavy atom. The molecule has 4 unspecified atom stereocenters. The highest BCUT2D eigenvalue weighted by atomic mass is 16.5. The third-order valence-electron chi connectivity index (χ3n) is 9.73. The minimum Gasteiger partial charge on any atom is -0.508 e. The minimum atomic E-state index is -0.214. The first-order valence-electron chi connectivity index (χ1n) is 13.0. The summed E-state index contributed by atoms with van der Waals surface area (Å²) in [7, 11) is 0. The summed E-state index contributed by atoms with van der Waals surface area (Å²) in [5.41, 5.74) is 3.10. The molecule has 5 heteroatoms. The van der Waals surface area contributed by atoms with E-state index in [1.165, 1.54) is 11.1 Å². The third-order valence-corrected chi connectivity index (χ3v) is 9.73. The van der Waals surface area contributed by atoms with E-state index < -0.39 is 0 Å². The third kappa shape index (κ3) is 2.50. The molecule has 178 valence electrons. The van der Waals surface area contributed by atoms with Crippen molar-refractivity contribution in [1.29, 1.82) is 0 Å². The molecule has 4 bridgehead atoms. The Balaban J connectivity index is 1.35. The molecule has 1 N–H and O–H groups in total. The number of hydrogen-bond donors (Lipinski definition) is 1. The molecule has 2 aliphatic carbocycles. The quantitative estimate of drug-likeness (QED) is 0.756. The smallest absolute Gasteiger partial charge is 0.254 e. The molecule has 0 aromatic heterocycles. The number of piperidine rings is 1. The molecule has 3 saturated heterocycles. The van der Waals surface area contributed by atoms with E-state index in [-0.39, 0.29) is 29.1 Å². The van der Waals surface area contributed by atoms with Gasteiger partial charge in [-0.1, -0.05) is 38.1 Å². The topological polar surface area (TPSA) is 53.0 Å². The van der Waals surface area contributed by atoms with Gasteiger partial charge in [0.2, 0.25) is 0 Å². The second kappa shape index (κ2) is 7.08. The highest BCUT2D eigenvalue weighted by Gasteiger charge is 2.78. The molecule has 3 heterocycles. The minimum absolute atomic E-state index is 0.0648. The molecule has 4 fully saturated rings. The maximum atomic E-state index is 13.6. The standard InChI is InChI=1S/C29H34N2O3/c1-18(2)16-30-13-12-28-22-15-21(32)9-8-20(22)14-25(30)29(28)11-10-23-26(28)24(34-29)17-31(23)27(33)19-6-4-3-5-7-19/h3-9,15,18,23-26,32H,10-14,16-17H2,1-2H3/t23-,24-,25?,26?,28?,29?/m1/s1. The Morgan fingerprint density at radius 2 is 2.00 bits per heavy atom. The zero-order valence-electron chi connectivity index (χ0n) is 20.1. The van der Waals surface area contributed by atoms with Gasteiger partial charge in [-0.3, -0.25) is 9.69 Å². The van der Waals surface area contributed by atoms with Gasteiger partial charge in [0, 0.05) is 42.1 Å². The second-order valence-corrected chi connectivity index (χ2v) is 11.7. The van der Waals surface area contributed by atoms with Crippen molar-refractivity contribution in [2.45, 2.75) is 68.7 Å². The number of amides is 1. The van der Waals surface area contributed by atoms with Crippen molar-refractivity contribution in [2.75, 3.05) is 19.6 Å². The predicted molar refractivity (Wildman–Crippen MR) is 130 cm³/mol. The van der Waals surface area contributed by atoms with Crippen LogP contribution in [-0.4, -0.2) is 64.2 Å². The first-order chi connectivity index (χ1) is 16.4. The van der Waals surface area contributed by atoms with E-state index in [1.54, 1.807) is 0 Å². The number of phenols is 1. The number of hydrogen-bond acceptors (Lipinski definition) is 4. The van der Waals surface area contributed by atoms with Crippen LogP contribution in [0, 0.1) is 11.8 Å². The summed E-state index contributed by atoms with van der Waals surface area (Å²) >= 11 is 0. The lowest BCUT2D eigenvalue weighted by atomic mass is 9.46. The van der Waals surface area contributed by atoms with Crippen LogP contribution in [0.5, 0.6) is 5.75 Å². The fourth-order valence-corrected chi connectivity index (χ4v) is 8.84. The maximum Gasteiger partial charge on any atom is 0.254 e. The first kappa shape index (κ1) is 21.0. The van der Waals surface area contributed by atoms with Crippen LogP contribution >= 0.6 is 0 Å². The van der Waals surface area contributed by atoms with E-state index in [9.17, 15) is 9.90 Å². The van der Waals surface area contributed by atoms with Crippen LogP contribution in [0.3, 0.4) is 0 Å². The largest absolute Gasteiger partial charge is 0.508 e. The predicted octanol–water partition coefficient (Wildman–Crippen LogP) is 3.99. The van der Waals surface area contributed by atoms with E-state index in [0.717, 1.165) is 44.3 Å². The molecular weight excluding hydrogens is 424 g/mol. The second-order valence-electron chi connectivity index (χ2n) is 11.7. The van der Waals surface area contributed by atoms with E-state index in [4.69, 9.17) is 4.74 Å². The monoisotopic (exact) mass is 458 g/mol. The molecule has 1 saturated carbocycles. The van der Waals surface area contributed by atoms with Gasteiger partial charge >= 0.3 is 0 Å². The van der Waals surface area contributed by atoms with Crippen molar-refractivity contribution in [3.05, 3.63) is 65.2 Å². The van der Waals surface area contributed by atoms with Crippen LogP contribution in [0.2, 0.25) is 0 Å². The molecule has 3 aliphatic heterocycles. The van der Waals surface area contributed by atoms with Crippen molar-refractivity contribution < 1.29 is 14.6 Å². The Morgan fingerprint density at radius 1 is 1.18 bits per heavy atom. The maximum absolute atomic E-state index is 13.6. The van der Waals surface area contributed by atoms with Gasteiger partial charge in [0.15, 0.2) is 0 Å². The lowest BCUT2D eigenvalue weighted by Crippen LogP contribution is -2.74. The van der Waals surface area contributed by atoms with E-state index in [1.807, 2.05) is 42.5 Å². The normalized spacial score (nSPS) is 37.6. The number of likely N-dealkylation sites (tertiary alicyclic amines) is 2. The molecule has 5 aliphatic rings. The zero-order chi connectivity index (χ0) is 23.2. The summed E-state index contributed by atoms with van der Waals surface area (Å²) in [5, 5.41) is 10.6. The summed E-state index contributed by atoms with van der Waals surface area (Å²) in [6.07, 6.45) is 4.08. The van der Waals surface area contributed by atoms with Gasteiger partial charge in [0.05, 0.1) is 11.7 Å². The Bertz CT molecular complexity index is 1150. The number of nitrogens with zero attached hydrogens (tertiary/aromatic N) is 2. The number of rotatable bonds is 3. The van der Waals surface area contributed by atoms with E-state index in [0.29, 0.717) is 30.2 Å². The number of carbonyl (C=O) groups is 1. The average molecular weight is 459 g/mol. The van der Waals surface area contributed by atoms with Gasteiger partial charge in [-0.05, 0) is 73.5 Å². The van der Waals surface area contributed by atoms with Gasteiger partial charge in [0.1, 0.15) is 5.75 Å². The average Bonchev–Trinajstić information content (AvgIpc) is 3.27. The number of benzene rings is 2. The molecule has 34 heavy (non-hydrogen) atoms. The van der Waals surface area contributed by atoms with Crippen molar-refractivity contribution in [2.24, 2.45) is 11.8 Å². The van der Waals surface area contributed by atoms with Crippen LogP contribution in [0.4, 0.5) is 0 Å². The van der Waals surface area contributed by atoms with Crippen LogP contribution in [0.15, 0.2) is 48.5 Å². The summed E-state index contributed by atoms with van der Waals surface area (Å²) < 4.78 is 7.23. The van der Waals surface area contributed by atoms with Crippen molar-refractivity contribution in [3.63, 3.8) is 0 Å². The SMILES string of the molecule is CC(C)CN1CCC23c4cc(O)ccc4CC1C21CC[C@@H]2C3[C@@H](CN2C(=O)c2ccccc2)O1. The van der Waals surface area contributed by atoms with Crippen molar-refractivity contribution in [3.8, 4) is 5.75 Å². The molecular formula is C29H34N2O3. The highest BCUT2D eigenvalue weighted by Crippen LogP contribution is 2.69. The fraction of sp³-hybridized carbons (Fsp3) is 0.552.